The first-order valence-electron chi connectivity index (χ1n) is 9.27. The number of urea groups is 1. The van der Waals surface area contributed by atoms with Gasteiger partial charge in [-0.3, -0.25) is 4.79 Å². The quantitative estimate of drug-likeness (QED) is 0.719. The molecule has 0 bridgehead atoms. The molecule has 25 heavy (non-hydrogen) atoms. The molecule has 6 heteroatoms. The van der Waals surface area contributed by atoms with E-state index in [0.29, 0.717) is 13.1 Å². The predicted molar refractivity (Wildman–Crippen MR) is 101 cm³/mol. The minimum Gasteiger partial charge on any atom is -0.325 e. The highest BCUT2D eigenvalue weighted by atomic mass is 79.9. The monoisotopic (exact) mass is 405 g/mol. The average molecular weight is 406 g/mol. The van der Waals surface area contributed by atoms with Gasteiger partial charge in [-0.25, -0.2) is 4.79 Å². The molecule has 2 saturated heterocycles. The highest BCUT2D eigenvalue weighted by molar-refractivity contribution is 9.10. The van der Waals surface area contributed by atoms with Gasteiger partial charge in [-0.2, -0.15) is 0 Å². The van der Waals surface area contributed by atoms with Crippen LogP contribution in [-0.2, 0) is 11.2 Å². The van der Waals surface area contributed by atoms with Gasteiger partial charge in [0, 0.05) is 48.8 Å². The summed E-state index contributed by atoms with van der Waals surface area (Å²) < 4.78 is 1.06. The lowest BCUT2D eigenvalue weighted by Gasteiger charge is -2.35. The average Bonchev–Trinajstić information content (AvgIpc) is 3.30. The summed E-state index contributed by atoms with van der Waals surface area (Å²) in [6.07, 6.45) is 4.71. The molecule has 1 aromatic rings. The van der Waals surface area contributed by atoms with Crippen molar-refractivity contribution < 1.29 is 9.59 Å². The van der Waals surface area contributed by atoms with Crippen molar-refractivity contribution in [2.24, 2.45) is 5.92 Å². The van der Waals surface area contributed by atoms with Crippen molar-refractivity contribution in [2.45, 2.75) is 32.1 Å². The second kappa shape index (κ2) is 6.98. The van der Waals surface area contributed by atoms with E-state index in [1.165, 1.54) is 5.56 Å². The van der Waals surface area contributed by atoms with Crippen molar-refractivity contribution in [3.63, 3.8) is 0 Å². The van der Waals surface area contributed by atoms with Crippen LogP contribution in [0.3, 0.4) is 0 Å². The zero-order valence-electron chi connectivity index (χ0n) is 14.4. The van der Waals surface area contributed by atoms with Crippen LogP contribution in [0, 0.1) is 5.92 Å². The first-order valence-corrected chi connectivity index (χ1v) is 10.1. The SMILES string of the molecule is O=C(N1CCCC1)N1CCC(C(=O)N2CCc3cc(Br)ccc32)CC1. The Morgan fingerprint density at radius 1 is 0.960 bits per heavy atom. The minimum absolute atomic E-state index is 0.0391. The summed E-state index contributed by atoms with van der Waals surface area (Å²) >= 11 is 3.50. The summed E-state index contributed by atoms with van der Waals surface area (Å²) in [5, 5.41) is 0. The number of nitrogens with zero attached hydrogens (tertiary/aromatic N) is 3. The number of carbonyl (C=O) groups is 2. The maximum atomic E-state index is 13.0. The number of rotatable bonds is 1. The molecule has 0 spiro atoms. The fourth-order valence-corrected chi connectivity index (χ4v) is 4.65. The number of carbonyl (C=O) groups excluding carboxylic acids is 2. The molecule has 1 aromatic carbocycles. The smallest absolute Gasteiger partial charge is 0.319 e. The summed E-state index contributed by atoms with van der Waals surface area (Å²) in [5.74, 6) is 0.270. The number of benzene rings is 1. The Morgan fingerprint density at radius 3 is 2.36 bits per heavy atom. The lowest BCUT2D eigenvalue weighted by Crippen LogP contribution is -2.48. The third-order valence-corrected chi connectivity index (χ3v) is 6.19. The van der Waals surface area contributed by atoms with Gasteiger partial charge in [-0.05, 0) is 55.9 Å². The van der Waals surface area contributed by atoms with Crippen molar-refractivity contribution in [2.75, 3.05) is 37.6 Å². The lowest BCUT2D eigenvalue weighted by molar-refractivity contribution is -0.123. The molecule has 4 rings (SSSR count). The van der Waals surface area contributed by atoms with E-state index in [9.17, 15) is 9.59 Å². The van der Waals surface area contributed by atoms with E-state index in [1.54, 1.807) is 0 Å². The summed E-state index contributed by atoms with van der Waals surface area (Å²) in [5.41, 5.74) is 2.30. The molecule has 2 fully saturated rings. The molecular formula is C19H24BrN3O2. The lowest BCUT2D eigenvalue weighted by atomic mass is 9.95. The first kappa shape index (κ1) is 16.9. The maximum Gasteiger partial charge on any atom is 0.319 e. The third-order valence-electron chi connectivity index (χ3n) is 5.69. The van der Waals surface area contributed by atoms with E-state index in [4.69, 9.17) is 0 Å². The van der Waals surface area contributed by atoms with Gasteiger partial charge in [0.15, 0.2) is 0 Å². The van der Waals surface area contributed by atoms with Gasteiger partial charge < -0.3 is 14.7 Å². The van der Waals surface area contributed by atoms with Crippen LogP contribution in [-0.4, -0.2) is 54.5 Å². The van der Waals surface area contributed by atoms with E-state index < -0.39 is 0 Å². The van der Waals surface area contributed by atoms with E-state index in [-0.39, 0.29) is 17.9 Å². The molecule has 0 radical (unpaired) electrons. The third kappa shape index (κ3) is 3.28. The molecule has 0 atom stereocenters. The van der Waals surface area contributed by atoms with Crippen molar-refractivity contribution in [1.82, 2.24) is 9.80 Å². The predicted octanol–water partition coefficient (Wildman–Crippen LogP) is 3.27. The van der Waals surface area contributed by atoms with Crippen molar-refractivity contribution in [1.29, 1.82) is 0 Å². The van der Waals surface area contributed by atoms with E-state index in [2.05, 4.69) is 22.0 Å². The van der Waals surface area contributed by atoms with Crippen LogP contribution in [0.25, 0.3) is 0 Å². The zero-order chi connectivity index (χ0) is 17.4. The van der Waals surface area contributed by atoms with E-state index >= 15 is 0 Å². The standard InChI is InChI=1S/C19H24BrN3O2/c20-16-3-4-17-15(13-16)7-12-23(17)18(24)14-5-10-22(11-6-14)19(25)21-8-1-2-9-21/h3-4,13-14H,1-2,5-12H2. The van der Waals surface area contributed by atoms with Gasteiger partial charge in [0.1, 0.15) is 0 Å². The van der Waals surface area contributed by atoms with E-state index in [1.807, 2.05) is 26.8 Å². The van der Waals surface area contributed by atoms with Gasteiger partial charge in [0.25, 0.3) is 0 Å². The number of hydrogen-bond acceptors (Lipinski definition) is 2. The second-order valence-electron chi connectivity index (χ2n) is 7.25. The van der Waals surface area contributed by atoms with E-state index in [0.717, 1.165) is 61.9 Å². The molecule has 0 N–H and O–H groups in total. The minimum atomic E-state index is 0.0391. The van der Waals surface area contributed by atoms with Crippen LogP contribution in [0.1, 0.15) is 31.2 Å². The first-order chi connectivity index (χ1) is 12.1. The molecule has 0 aliphatic carbocycles. The zero-order valence-corrected chi connectivity index (χ0v) is 16.0. The fraction of sp³-hybridized carbons (Fsp3) is 0.579. The Hall–Kier alpha value is -1.56. The molecule has 0 aromatic heterocycles. The maximum absolute atomic E-state index is 13.0. The Bertz CT molecular complexity index is 679. The summed E-state index contributed by atoms with van der Waals surface area (Å²) in [4.78, 5) is 31.3. The number of fused-ring (bicyclic) bond motifs is 1. The molecule has 5 nitrogen and oxygen atoms in total. The number of likely N-dealkylation sites (tertiary alicyclic amines) is 2. The molecule has 134 valence electrons. The van der Waals surface area contributed by atoms with Gasteiger partial charge in [0.05, 0.1) is 0 Å². The largest absolute Gasteiger partial charge is 0.325 e. The number of piperidine rings is 1. The summed E-state index contributed by atoms with van der Waals surface area (Å²) in [7, 11) is 0. The number of hydrogen-bond donors (Lipinski definition) is 0. The molecule has 0 unspecified atom stereocenters. The Morgan fingerprint density at radius 2 is 1.64 bits per heavy atom. The van der Waals surface area contributed by atoms with Crippen LogP contribution in [0.5, 0.6) is 0 Å². The topological polar surface area (TPSA) is 43.9 Å². The number of halogens is 1. The molecule has 3 amide bonds. The highest BCUT2D eigenvalue weighted by Gasteiger charge is 2.34. The van der Waals surface area contributed by atoms with Gasteiger partial charge in [-0.1, -0.05) is 15.9 Å². The van der Waals surface area contributed by atoms with Crippen LogP contribution in [0.15, 0.2) is 22.7 Å². The van der Waals surface area contributed by atoms with Gasteiger partial charge in [0.2, 0.25) is 5.91 Å². The molecule has 0 saturated carbocycles. The summed E-state index contributed by atoms with van der Waals surface area (Å²) in [6.45, 7) is 3.95. The Balaban J connectivity index is 1.37. The van der Waals surface area contributed by atoms with Crippen molar-refractivity contribution in [3.05, 3.63) is 28.2 Å². The number of amides is 3. The van der Waals surface area contributed by atoms with Crippen molar-refractivity contribution in [3.8, 4) is 0 Å². The molecule has 3 aliphatic rings. The fourth-order valence-electron chi connectivity index (χ4n) is 4.25. The van der Waals surface area contributed by atoms with Gasteiger partial charge >= 0.3 is 6.03 Å². The highest BCUT2D eigenvalue weighted by Crippen LogP contribution is 2.33. The Kier molecular flexibility index (Phi) is 4.71. The van der Waals surface area contributed by atoms with Crippen LogP contribution in [0.4, 0.5) is 10.5 Å². The van der Waals surface area contributed by atoms with Crippen LogP contribution >= 0.6 is 15.9 Å². The van der Waals surface area contributed by atoms with Gasteiger partial charge in [-0.15, -0.1) is 0 Å². The van der Waals surface area contributed by atoms with Crippen LogP contribution in [0.2, 0.25) is 0 Å². The Labute approximate surface area is 157 Å². The molecular weight excluding hydrogens is 382 g/mol. The van der Waals surface area contributed by atoms with Crippen molar-refractivity contribution >= 4 is 33.6 Å². The molecule has 3 aliphatic heterocycles. The summed E-state index contributed by atoms with van der Waals surface area (Å²) in [6, 6.07) is 6.32. The second-order valence-corrected chi connectivity index (χ2v) is 8.17. The number of anilines is 1. The normalized spacial score (nSPS) is 20.9. The van der Waals surface area contributed by atoms with Crippen LogP contribution < -0.4 is 4.90 Å². The molecule has 3 heterocycles.